The van der Waals surface area contributed by atoms with Crippen molar-refractivity contribution >= 4 is 17.5 Å². The molecule has 150 valence electrons. The fourth-order valence-electron chi connectivity index (χ4n) is 2.99. The van der Waals surface area contributed by atoms with Gasteiger partial charge in [-0.25, -0.2) is 0 Å². The molecule has 2 rings (SSSR count). The number of hydrogen-bond acceptors (Lipinski definition) is 2. The van der Waals surface area contributed by atoms with Gasteiger partial charge in [0.05, 0.1) is 0 Å². The second-order valence-electron chi connectivity index (χ2n) is 8.72. The van der Waals surface area contributed by atoms with E-state index < -0.39 is 5.41 Å². The normalized spacial score (nSPS) is 11.8. The molecule has 0 aliphatic rings. The Hall–Kier alpha value is -2.62. The van der Waals surface area contributed by atoms with E-state index in [-0.39, 0.29) is 17.2 Å². The summed E-state index contributed by atoms with van der Waals surface area (Å²) >= 11 is 0. The minimum atomic E-state index is -1.16. The van der Waals surface area contributed by atoms with Crippen LogP contribution in [0.1, 0.15) is 52.2 Å². The van der Waals surface area contributed by atoms with Crippen LogP contribution in [0, 0.1) is 5.41 Å². The predicted molar refractivity (Wildman–Crippen MR) is 115 cm³/mol. The third-order valence-electron chi connectivity index (χ3n) is 4.89. The van der Waals surface area contributed by atoms with E-state index in [1.807, 2.05) is 42.5 Å². The van der Waals surface area contributed by atoms with Gasteiger partial charge in [0.25, 0.3) is 0 Å². The minimum Gasteiger partial charge on any atom is -0.355 e. The molecule has 0 saturated carbocycles. The number of nitrogens with one attached hydrogen (secondary N) is 2. The summed E-state index contributed by atoms with van der Waals surface area (Å²) in [7, 11) is 0. The van der Waals surface area contributed by atoms with E-state index >= 15 is 0 Å². The predicted octanol–water partition coefficient (Wildman–Crippen LogP) is 4.70. The number of hydrogen-bond donors (Lipinski definition) is 2. The first-order valence-corrected chi connectivity index (χ1v) is 9.85. The second-order valence-corrected chi connectivity index (χ2v) is 8.72. The lowest BCUT2D eigenvalue weighted by Gasteiger charge is -2.26. The molecule has 0 saturated heterocycles. The Labute approximate surface area is 168 Å². The average molecular weight is 381 g/mol. The molecule has 0 aliphatic carbocycles. The van der Waals surface area contributed by atoms with E-state index in [9.17, 15) is 9.59 Å². The van der Waals surface area contributed by atoms with Crippen LogP contribution in [0.4, 0.5) is 5.69 Å². The van der Waals surface area contributed by atoms with Crippen LogP contribution in [0.2, 0.25) is 0 Å². The molecule has 2 amide bonds. The van der Waals surface area contributed by atoms with Crippen LogP contribution in [0.5, 0.6) is 0 Å². The molecule has 2 N–H and O–H groups in total. The fraction of sp³-hybridized carbons (Fsp3) is 0.417. The number of para-hydroxylation sites is 1. The largest absolute Gasteiger partial charge is 0.355 e. The number of aryl methyl sites for hydroxylation is 1. The lowest BCUT2D eigenvalue weighted by Crippen LogP contribution is -2.45. The van der Waals surface area contributed by atoms with Crippen molar-refractivity contribution in [1.29, 1.82) is 0 Å². The number of amides is 2. The van der Waals surface area contributed by atoms with Gasteiger partial charge in [0.15, 0.2) is 0 Å². The van der Waals surface area contributed by atoms with Crippen LogP contribution >= 0.6 is 0 Å². The van der Waals surface area contributed by atoms with Crippen LogP contribution in [-0.2, 0) is 21.4 Å². The first-order valence-electron chi connectivity index (χ1n) is 9.85. The van der Waals surface area contributed by atoms with Crippen LogP contribution in [0.15, 0.2) is 54.6 Å². The molecule has 0 atom stereocenters. The molecule has 2 aromatic rings. The maximum atomic E-state index is 12.8. The van der Waals surface area contributed by atoms with Gasteiger partial charge in [0, 0.05) is 12.2 Å². The Kier molecular flexibility index (Phi) is 7.00. The molecule has 4 nitrogen and oxygen atoms in total. The molecule has 0 aromatic heterocycles. The summed E-state index contributed by atoms with van der Waals surface area (Å²) in [5, 5.41) is 5.86. The Morgan fingerprint density at radius 2 is 1.43 bits per heavy atom. The van der Waals surface area contributed by atoms with Crippen molar-refractivity contribution in [2.24, 2.45) is 5.41 Å². The Bertz CT molecular complexity index is 805. The Morgan fingerprint density at radius 1 is 0.821 bits per heavy atom. The SMILES string of the molecule is CC(C)(C(=O)NCCCc1ccccc1)C(=O)Nc1ccccc1C(C)(C)C. The summed E-state index contributed by atoms with van der Waals surface area (Å²) in [6, 6.07) is 17.9. The van der Waals surface area contributed by atoms with E-state index in [2.05, 4.69) is 43.5 Å². The van der Waals surface area contributed by atoms with Crippen molar-refractivity contribution < 1.29 is 9.59 Å². The Morgan fingerprint density at radius 3 is 2.07 bits per heavy atom. The fourth-order valence-corrected chi connectivity index (χ4v) is 2.99. The third-order valence-corrected chi connectivity index (χ3v) is 4.89. The summed E-state index contributed by atoms with van der Waals surface area (Å²) in [6.45, 7) is 10.2. The van der Waals surface area contributed by atoms with Gasteiger partial charge < -0.3 is 10.6 Å². The molecule has 0 heterocycles. The van der Waals surface area contributed by atoms with Crippen molar-refractivity contribution in [3.05, 3.63) is 65.7 Å². The second kappa shape index (κ2) is 9.05. The summed E-state index contributed by atoms with van der Waals surface area (Å²) < 4.78 is 0. The standard InChI is InChI=1S/C24H32N2O2/c1-23(2,3)19-15-9-10-16-20(19)26-22(28)24(4,5)21(27)25-17-11-14-18-12-7-6-8-13-18/h6-10,12-13,15-16H,11,14,17H2,1-5H3,(H,25,27)(H,26,28). The van der Waals surface area contributed by atoms with Gasteiger partial charge in [-0.15, -0.1) is 0 Å². The smallest absolute Gasteiger partial charge is 0.239 e. The molecule has 0 radical (unpaired) electrons. The third kappa shape index (κ3) is 5.69. The number of anilines is 1. The quantitative estimate of drug-likeness (QED) is 0.540. The van der Waals surface area contributed by atoms with Crippen molar-refractivity contribution in [2.45, 2.75) is 52.9 Å². The van der Waals surface area contributed by atoms with Gasteiger partial charge in [0.1, 0.15) is 5.41 Å². The summed E-state index contributed by atoms with van der Waals surface area (Å²) in [4.78, 5) is 25.5. The number of carbonyl (C=O) groups excluding carboxylic acids is 2. The lowest BCUT2D eigenvalue weighted by atomic mass is 9.85. The summed E-state index contributed by atoms with van der Waals surface area (Å²) in [5.74, 6) is -0.559. The molecule has 2 aromatic carbocycles. The first kappa shape index (κ1) is 21.7. The maximum Gasteiger partial charge on any atom is 0.239 e. The minimum absolute atomic E-state index is 0.103. The maximum absolute atomic E-state index is 12.8. The zero-order chi connectivity index (χ0) is 20.8. The topological polar surface area (TPSA) is 58.2 Å². The molecule has 0 fully saturated rings. The van der Waals surface area contributed by atoms with Crippen molar-refractivity contribution in [2.75, 3.05) is 11.9 Å². The average Bonchev–Trinajstić information content (AvgIpc) is 2.65. The van der Waals surface area contributed by atoms with Gasteiger partial charge in [-0.2, -0.15) is 0 Å². The molecule has 28 heavy (non-hydrogen) atoms. The highest BCUT2D eigenvalue weighted by Gasteiger charge is 2.36. The zero-order valence-electron chi connectivity index (χ0n) is 17.6. The first-order chi connectivity index (χ1) is 13.1. The van der Waals surface area contributed by atoms with Crippen molar-refractivity contribution in [3.8, 4) is 0 Å². The molecule has 0 spiro atoms. The molecule has 0 bridgehead atoms. The monoisotopic (exact) mass is 380 g/mol. The Balaban J connectivity index is 1.94. The van der Waals surface area contributed by atoms with Gasteiger partial charge in [-0.05, 0) is 49.3 Å². The van der Waals surface area contributed by atoms with Crippen LogP contribution < -0.4 is 10.6 Å². The number of carbonyl (C=O) groups is 2. The zero-order valence-corrected chi connectivity index (χ0v) is 17.6. The summed E-state index contributed by atoms with van der Waals surface area (Å²) in [6.07, 6.45) is 1.73. The van der Waals surface area contributed by atoms with E-state index in [4.69, 9.17) is 0 Å². The van der Waals surface area contributed by atoms with Gasteiger partial charge >= 0.3 is 0 Å². The van der Waals surface area contributed by atoms with Crippen molar-refractivity contribution in [1.82, 2.24) is 5.32 Å². The molecular formula is C24H32N2O2. The van der Waals surface area contributed by atoms with Crippen molar-refractivity contribution in [3.63, 3.8) is 0 Å². The highest BCUT2D eigenvalue weighted by atomic mass is 16.2. The van der Waals surface area contributed by atoms with E-state index in [1.165, 1.54) is 5.56 Å². The molecule has 0 aliphatic heterocycles. The molecule has 0 unspecified atom stereocenters. The molecular weight excluding hydrogens is 348 g/mol. The highest BCUT2D eigenvalue weighted by Crippen LogP contribution is 2.30. The summed E-state index contributed by atoms with van der Waals surface area (Å²) in [5.41, 5.74) is 1.78. The van der Waals surface area contributed by atoms with Crippen LogP contribution in [-0.4, -0.2) is 18.4 Å². The van der Waals surface area contributed by atoms with Gasteiger partial charge in [-0.3, -0.25) is 9.59 Å². The van der Waals surface area contributed by atoms with E-state index in [1.54, 1.807) is 13.8 Å². The number of rotatable bonds is 7. The van der Waals surface area contributed by atoms with Crippen LogP contribution in [0.25, 0.3) is 0 Å². The van der Waals surface area contributed by atoms with Gasteiger partial charge in [0.2, 0.25) is 11.8 Å². The van der Waals surface area contributed by atoms with E-state index in [0.29, 0.717) is 6.54 Å². The van der Waals surface area contributed by atoms with Crippen LogP contribution in [0.3, 0.4) is 0 Å². The number of benzene rings is 2. The molecule has 4 heteroatoms. The van der Waals surface area contributed by atoms with E-state index in [0.717, 1.165) is 24.1 Å². The van der Waals surface area contributed by atoms with Gasteiger partial charge in [-0.1, -0.05) is 69.3 Å². The highest BCUT2D eigenvalue weighted by molar-refractivity contribution is 6.10. The lowest BCUT2D eigenvalue weighted by molar-refractivity contribution is -0.138.